The summed E-state index contributed by atoms with van der Waals surface area (Å²) < 4.78 is 32.6. The zero-order valence-corrected chi connectivity index (χ0v) is 12.9. The van der Waals surface area contributed by atoms with Gasteiger partial charge >= 0.3 is 0 Å². The Morgan fingerprint density at radius 1 is 1.30 bits per heavy atom. The van der Waals surface area contributed by atoms with Crippen LogP contribution in [0.3, 0.4) is 0 Å². The van der Waals surface area contributed by atoms with Gasteiger partial charge in [0.15, 0.2) is 0 Å². The van der Waals surface area contributed by atoms with Crippen LogP contribution in [0.5, 0.6) is 0 Å². The quantitative estimate of drug-likeness (QED) is 0.913. The van der Waals surface area contributed by atoms with Crippen molar-refractivity contribution in [3.05, 3.63) is 29.3 Å². The molecule has 1 saturated heterocycles. The van der Waals surface area contributed by atoms with Crippen LogP contribution in [-0.4, -0.2) is 43.1 Å². The minimum Gasteiger partial charge on any atom is -0.392 e. The zero-order valence-electron chi connectivity index (χ0n) is 12.0. The van der Waals surface area contributed by atoms with Crippen molar-refractivity contribution >= 4 is 10.0 Å². The van der Waals surface area contributed by atoms with Crippen molar-refractivity contribution in [1.82, 2.24) is 4.31 Å². The molecule has 0 radical (unpaired) electrons. The van der Waals surface area contributed by atoms with E-state index < -0.39 is 10.0 Å². The SMILES string of the molecule is Cc1ccc(CO)cc1S(=O)(=O)N1C[C@@H](C)O[C@@H](C)C1. The lowest BCUT2D eigenvalue weighted by atomic mass is 10.2. The number of nitrogens with zero attached hydrogens (tertiary/aromatic N) is 1. The van der Waals surface area contributed by atoms with Crippen molar-refractivity contribution in [2.75, 3.05) is 13.1 Å². The van der Waals surface area contributed by atoms with Gasteiger partial charge in [0, 0.05) is 13.1 Å². The van der Waals surface area contributed by atoms with Crippen LogP contribution in [0.25, 0.3) is 0 Å². The third-order valence-electron chi connectivity index (χ3n) is 3.44. The Labute approximate surface area is 120 Å². The lowest BCUT2D eigenvalue weighted by molar-refractivity contribution is -0.0441. The fraction of sp³-hybridized carbons (Fsp3) is 0.571. The van der Waals surface area contributed by atoms with Crippen molar-refractivity contribution < 1.29 is 18.3 Å². The Morgan fingerprint density at radius 2 is 1.90 bits per heavy atom. The molecule has 1 aromatic carbocycles. The van der Waals surface area contributed by atoms with Gasteiger partial charge in [0.05, 0.1) is 23.7 Å². The van der Waals surface area contributed by atoms with Crippen molar-refractivity contribution in [2.45, 2.75) is 44.5 Å². The zero-order chi connectivity index (χ0) is 14.9. The van der Waals surface area contributed by atoms with Crippen LogP contribution in [-0.2, 0) is 21.4 Å². The van der Waals surface area contributed by atoms with Crippen LogP contribution in [0.4, 0.5) is 0 Å². The van der Waals surface area contributed by atoms with Crippen LogP contribution >= 0.6 is 0 Å². The van der Waals surface area contributed by atoms with Gasteiger partial charge in [-0.15, -0.1) is 0 Å². The first-order valence-electron chi connectivity index (χ1n) is 6.70. The van der Waals surface area contributed by atoms with Crippen molar-refractivity contribution in [3.63, 3.8) is 0 Å². The summed E-state index contributed by atoms with van der Waals surface area (Å²) in [5.74, 6) is 0. The second-order valence-electron chi connectivity index (χ2n) is 5.34. The monoisotopic (exact) mass is 299 g/mol. The van der Waals surface area contributed by atoms with Gasteiger partial charge in [0.2, 0.25) is 10.0 Å². The highest BCUT2D eigenvalue weighted by molar-refractivity contribution is 7.89. The predicted octanol–water partition coefficient (Wildman–Crippen LogP) is 1.29. The maximum Gasteiger partial charge on any atom is 0.243 e. The first-order chi connectivity index (χ1) is 9.34. The van der Waals surface area contributed by atoms with E-state index in [0.29, 0.717) is 24.2 Å². The normalized spacial score (nSPS) is 24.8. The minimum absolute atomic E-state index is 0.116. The Morgan fingerprint density at radius 3 is 2.45 bits per heavy atom. The van der Waals surface area contributed by atoms with E-state index in [-0.39, 0.29) is 23.7 Å². The summed E-state index contributed by atoms with van der Waals surface area (Å²) in [6.45, 7) is 6.05. The minimum atomic E-state index is -3.55. The summed E-state index contributed by atoms with van der Waals surface area (Å²) in [4.78, 5) is 0.269. The average Bonchev–Trinajstić information content (AvgIpc) is 2.38. The summed E-state index contributed by atoms with van der Waals surface area (Å²) in [7, 11) is -3.55. The molecular formula is C14H21NO4S. The van der Waals surface area contributed by atoms with E-state index in [1.165, 1.54) is 4.31 Å². The second kappa shape index (κ2) is 5.81. The van der Waals surface area contributed by atoms with Gasteiger partial charge in [-0.2, -0.15) is 4.31 Å². The molecule has 0 amide bonds. The number of sulfonamides is 1. The molecule has 0 spiro atoms. The van der Waals surface area contributed by atoms with Gasteiger partial charge < -0.3 is 9.84 Å². The third kappa shape index (κ3) is 3.03. The average molecular weight is 299 g/mol. The van der Waals surface area contributed by atoms with Gasteiger partial charge in [0.25, 0.3) is 0 Å². The molecule has 1 aliphatic heterocycles. The van der Waals surface area contributed by atoms with E-state index in [1.54, 1.807) is 25.1 Å². The van der Waals surface area contributed by atoms with Gasteiger partial charge in [-0.05, 0) is 38.0 Å². The standard InChI is InChI=1S/C14H21NO4S/c1-10-4-5-13(9-16)6-14(10)20(17,18)15-7-11(2)19-12(3)8-15/h4-6,11-12,16H,7-9H2,1-3H3/t11-,12+. The molecule has 20 heavy (non-hydrogen) atoms. The lowest BCUT2D eigenvalue weighted by Crippen LogP contribution is -2.48. The number of aliphatic hydroxyl groups excluding tert-OH is 1. The Hall–Kier alpha value is -0.950. The topological polar surface area (TPSA) is 66.8 Å². The first-order valence-corrected chi connectivity index (χ1v) is 8.14. The molecule has 0 aromatic heterocycles. The molecule has 1 fully saturated rings. The molecule has 1 aromatic rings. The third-order valence-corrected chi connectivity index (χ3v) is 5.41. The van der Waals surface area contributed by atoms with Crippen molar-refractivity contribution in [2.24, 2.45) is 0 Å². The van der Waals surface area contributed by atoms with Crippen molar-refractivity contribution in [1.29, 1.82) is 0 Å². The van der Waals surface area contributed by atoms with E-state index in [9.17, 15) is 13.5 Å². The Kier molecular flexibility index (Phi) is 4.49. The van der Waals surface area contributed by atoms with Crippen molar-refractivity contribution in [3.8, 4) is 0 Å². The van der Waals surface area contributed by atoms with Gasteiger partial charge in [0.1, 0.15) is 0 Å². The molecule has 5 nitrogen and oxygen atoms in total. The summed E-state index contributed by atoms with van der Waals surface area (Å²) in [5, 5.41) is 9.18. The first kappa shape index (κ1) is 15.4. The van der Waals surface area contributed by atoms with Crippen LogP contribution in [0.2, 0.25) is 0 Å². The maximum atomic E-state index is 12.8. The van der Waals surface area contributed by atoms with Crippen LogP contribution in [0.1, 0.15) is 25.0 Å². The van der Waals surface area contributed by atoms with Crippen LogP contribution in [0.15, 0.2) is 23.1 Å². The number of hydrogen-bond acceptors (Lipinski definition) is 4. The summed E-state index contributed by atoms with van der Waals surface area (Å²) >= 11 is 0. The predicted molar refractivity (Wildman–Crippen MR) is 75.9 cm³/mol. The Balaban J connectivity index is 2.39. The molecule has 112 valence electrons. The highest BCUT2D eigenvalue weighted by Crippen LogP contribution is 2.24. The lowest BCUT2D eigenvalue weighted by Gasteiger charge is -2.34. The number of ether oxygens (including phenoxy) is 1. The number of rotatable bonds is 3. The molecule has 2 atom stereocenters. The number of aryl methyl sites for hydroxylation is 1. The maximum absolute atomic E-state index is 12.8. The number of hydrogen-bond donors (Lipinski definition) is 1. The fourth-order valence-corrected chi connectivity index (χ4v) is 4.35. The van der Waals surface area contributed by atoms with Gasteiger partial charge in [-0.1, -0.05) is 12.1 Å². The molecular weight excluding hydrogens is 278 g/mol. The Bertz CT molecular complexity index is 575. The number of morpholine rings is 1. The molecule has 6 heteroatoms. The summed E-state index contributed by atoms with van der Waals surface area (Å²) in [6, 6.07) is 5.01. The van der Waals surface area contributed by atoms with Gasteiger partial charge in [-0.3, -0.25) is 0 Å². The molecule has 1 N–H and O–H groups in total. The molecule has 0 bridgehead atoms. The summed E-state index contributed by atoms with van der Waals surface area (Å²) in [5.41, 5.74) is 1.29. The summed E-state index contributed by atoms with van der Waals surface area (Å²) in [6.07, 6.45) is -0.232. The molecule has 0 saturated carbocycles. The van der Waals surface area contributed by atoms with Gasteiger partial charge in [-0.25, -0.2) is 8.42 Å². The van der Waals surface area contributed by atoms with Crippen LogP contribution < -0.4 is 0 Å². The highest BCUT2D eigenvalue weighted by atomic mass is 32.2. The molecule has 0 unspecified atom stereocenters. The molecule has 0 aliphatic carbocycles. The number of benzene rings is 1. The van der Waals surface area contributed by atoms with E-state index in [0.717, 1.165) is 0 Å². The van der Waals surface area contributed by atoms with E-state index in [4.69, 9.17) is 4.74 Å². The molecule has 2 rings (SSSR count). The van der Waals surface area contributed by atoms with E-state index in [1.807, 2.05) is 13.8 Å². The second-order valence-corrected chi connectivity index (χ2v) is 7.24. The molecule has 1 heterocycles. The number of aliphatic hydroxyl groups is 1. The molecule has 1 aliphatic rings. The fourth-order valence-electron chi connectivity index (χ4n) is 2.49. The highest BCUT2D eigenvalue weighted by Gasteiger charge is 2.33. The van der Waals surface area contributed by atoms with Crippen LogP contribution in [0, 0.1) is 6.92 Å². The van der Waals surface area contributed by atoms with E-state index >= 15 is 0 Å². The smallest absolute Gasteiger partial charge is 0.243 e. The largest absolute Gasteiger partial charge is 0.392 e. The van der Waals surface area contributed by atoms with E-state index in [2.05, 4.69) is 0 Å².